The van der Waals surface area contributed by atoms with Crippen LogP contribution in [0.15, 0.2) is 24.3 Å². The lowest BCUT2D eigenvalue weighted by molar-refractivity contribution is 0.0601. The second kappa shape index (κ2) is 6.96. The summed E-state index contributed by atoms with van der Waals surface area (Å²) in [5.41, 5.74) is 3.02. The predicted molar refractivity (Wildman–Crippen MR) is 93.6 cm³/mol. The van der Waals surface area contributed by atoms with Gasteiger partial charge in [0.25, 0.3) is 5.91 Å². The molecule has 1 aromatic heterocycles. The maximum atomic E-state index is 12.4. The molecule has 1 heterocycles. The summed E-state index contributed by atoms with van der Waals surface area (Å²) >= 11 is 1.38. The number of aryl methyl sites for hydroxylation is 1. The molecule has 0 saturated heterocycles. The lowest BCUT2D eigenvalue weighted by Gasteiger charge is -2.08. The van der Waals surface area contributed by atoms with Gasteiger partial charge >= 0.3 is 5.97 Å². The summed E-state index contributed by atoms with van der Waals surface area (Å²) in [6, 6.07) is 7.50. The second-order valence-corrected chi connectivity index (χ2v) is 6.93. The number of carbonyl (C=O) groups excluding carboxylic acids is 2. The Kier molecular flexibility index (Phi) is 5.21. The van der Waals surface area contributed by atoms with Crippen LogP contribution in [0.4, 0.5) is 5.00 Å². The average molecular weight is 331 g/mol. The monoisotopic (exact) mass is 331 g/mol. The number of hydrogen-bond acceptors (Lipinski definition) is 4. The predicted octanol–water partition coefficient (Wildman–Crippen LogP) is 4.53. The number of hydrogen-bond donors (Lipinski definition) is 1. The van der Waals surface area contributed by atoms with Gasteiger partial charge in [-0.15, -0.1) is 11.3 Å². The van der Waals surface area contributed by atoms with Crippen molar-refractivity contribution in [3.05, 3.63) is 51.4 Å². The minimum Gasteiger partial charge on any atom is -0.465 e. The van der Waals surface area contributed by atoms with Gasteiger partial charge in [-0.3, -0.25) is 4.79 Å². The number of rotatable bonds is 4. The molecule has 2 aromatic rings. The fraction of sp³-hybridized carbons (Fsp3) is 0.333. The first-order valence-corrected chi connectivity index (χ1v) is 8.26. The Labute approximate surface area is 140 Å². The van der Waals surface area contributed by atoms with Crippen molar-refractivity contribution < 1.29 is 14.3 Å². The molecular weight excluding hydrogens is 310 g/mol. The van der Waals surface area contributed by atoms with Crippen LogP contribution in [0.25, 0.3) is 0 Å². The van der Waals surface area contributed by atoms with Gasteiger partial charge in [0.05, 0.1) is 12.7 Å². The Morgan fingerprint density at radius 1 is 1.13 bits per heavy atom. The zero-order valence-electron chi connectivity index (χ0n) is 14.0. The molecule has 0 saturated carbocycles. The summed E-state index contributed by atoms with van der Waals surface area (Å²) in [5, 5.41) is 3.36. The molecule has 0 bridgehead atoms. The number of esters is 1. The summed E-state index contributed by atoms with van der Waals surface area (Å²) in [6.45, 7) is 7.98. The average Bonchev–Trinajstić information content (AvgIpc) is 2.81. The number of carbonyl (C=O) groups is 2. The summed E-state index contributed by atoms with van der Waals surface area (Å²) in [5.74, 6) is -0.246. The molecule has 1 N–H and O–H groups in total. The minimum absolute atomic E-state index is 0.230. The summed E-state index contributed by atoms with van der Waals surface area (Å²) in [7, 11) is 1.34. The highest BCUT2D eigenvalue weighted by molar-refractivity contribution is 7.16. The second-order valence-electron chi connectivity index (χ2n) is 5.71. The van der Waals surface area contributed by atoms with E-state index in [-0.39, 0.29) is 5.91 Å². The fourth-order valence-electron chi connectivity index (χ4n) is 2.26. The molecule has 0 aliphatic heterocycles. The highest BCUT2D eigenvalue weighted by Gasteiger charge is 2.21. The normalized spacial score (nSPS) is 10.7. The first-order valence-electron chi connectivity index (χ1n) is 7.44. The van der Waals surface area contributed by atoms with Crippen molar-refractivity contribution in [2.24, 2.45) is 0 Å². The topological polar surface area (TPSA) is 55.4 Å². The van der Waals surface area contributed by atoms with Gasteiger partial charge in [0.1, 0.15) is 5.00 Å². The molecule has 0 atom stereocenters. The van der Waals surface area contributed by atoms with E-state index in [9.17, 15) is 9.59 Å². The Balaban J connectivity index is 2.27. The molecular formula is C18H21NO3S. The van der Waals surface area contributed by atoms with Gasteiger partial charge in [-0.05, 0) is 43.0 Å². The van der Waals surface area contributed by atoms with Crippen LogP contribution in [-0.4, -0.2) is 19.0 Å². The van der Waals surface area contributed by atoms with Crippen molar-refractivity contribution in [1.29, 1.82) is 0 Å². The molecule has 4 nitrogen and oxygen atoms in total. The van der Waals surface area contributed by atoms with E-state index in [1.54, 1.807) is 12.1 Å². The van der Waals surface area contributed by atoms with E-state index < -0.39 is 5.97 Å². The van der Waals surface area contributed by atoms with Gasteiger partial charge in [0.2, 0.25) is 0 Å². The number of thiophene rings is 1. The molecule has 0 unspecified atom stereocenters. The largest absolute Gasteiger partial charge is 0.465 e. The smallest absolute Gasteiger partial charge is 0.341 e. The van der Waals surface area contributed by atoms with Crippen LogP contribution in [0.3, 0.4) is 0 Å². The third-order valence-electron chi connectivity index (χ3n) is 3.84. The van der Waals surface area contributed by atoms with E-state index in [0.717, 1.165) is 10.4 Å². The lowest BCUT2D eigenvalue weighted by atomic mass is 10.0. The van der Waals surface area contributed by atoms with Crippen LogP contribution >= 0.6 is 11.3 Å². The van der Waals surface area contributed by atoms with Gasteiger partial charge in [-0.1, -0.05) is 26.0 Å². The van der Waals surface area contributed by atoms with Crippen molar-refractivity contribution in [1.82, 2.24) is 0 Å². The Morgan fingerprint density at radius 2 is 1.74 bits per heavy atom. The van der Waals surface area contributed by atoms with Gasteiger partial charge in [-0.2, -0.15) is 0 Å². The molecule has 0 radical (unpaired) electrons. The van der Waals surface area contributed by atoms with E-state index in [2.05, 4.69) is 19.2 Å². The van der Waals surface area contributed by atoms with Gasteiger partial charge in [-0.25, -0.2) is 4.79 Å². The molecule has 0 aliphatic carbocycles. The summed E-state index contributed by atoms with van der Waals surface area (Å²) in [4.78, 5) is 25.3. The standard InChI is InChI=1S/C18H21NO3S/c1-10(2)13-6-8-14(9-7-13)16(20)19-17-15(18(21)22-5)11(3)12(4)23-17/h6-10H,1-5H3,(H,19,20). The van der Waals surface area contributed by atoms with Gasteiger partial charge < -0.3 is 10.1 Å². The van der Waals surface area contributed by atoms with Gasteiger partial charge in [0, 0.05) is 10.4 Å². The highest BCUT2D eigenvalue weighted by Crippen LogP contribution is 2.33. The van der Waals surface area contributed by atoms with Crippen molar-refractivity contribution in [2.45, 2.75) is 33.6 Å². The Morgan fingerprint density at radius 3 is 2.26 bits per heavy atom. The molecule has 5 heteroatoms. The molecule has 0 aliphatic rings. The molecule has 0 spiro atoms. The van der Waals surface area contributed by atoms with Crippen LogP contribution < -0.4 is 5.32 Å². The summed E-state index contributed by atoms with van der Waals surface area (Å²) < 4.78 is 4.82. The zero-order valence-corrected chi connectivity index (χ0v) is 14.8. The van der Waals surface area contributed by atoms with Crippen LogP contribution in [0, 0.1) is 13.8 Å². The van der Waals surface area contributed by atoms with Crippen LogP contribution in [0.5, 0.6) is 0 Å². The zero-order chi connectivity index (χ0) is 17.1. The number of ether oxygens (including phenoxy) is 1. The number of amides is 1. The first-order chi connectivity index (χ1) is 10.8. The summed E-state index contributed by atoms with van der Waals surface area (Å²) in [6.07, 6.45) is 0. The van der Waals surface area contributed by atoms with E-state index >= 15 is 0 Å². The van der Waals surface area contributed by atoms with E-state index in [1.165, 1.54) is 24.0 Å². The molecule has 0 fully saturated rings. The number of anilines is 1. The van der Waals surface area contributed by atoms with Crippen LogP contribution in [0.1, 0.15) is 56.5 Å². The highest BCUT2D eigenvalue weighted by atomic mass is 32.1. The van der Waals surface area contributed by atoms with Crippen LogP contribution in [0.2, 0.25) is 0 Å². The molecule has 122 valence electrons. The Bertz CT molecular complexity index is 729. The maximum Gasteiger partial charge on any atom is 0.341 e. The lowest BCUT2D eigenvalue weighted by Crippen LogP contribution is -2.14. The number of benzene rings is 1. The Hall–Kier alpha value is -2.14. The van der Waals surface area contributed by atoms with Crippen LogP contribution in [-0.2, 0) is 4.74 Å². The minimum atomic E-state index is -0.433. The number of methoxy groups -OCH3 is 1. The fourth-order valence-corrected chi connectivity index (χ4v) is 3.30. The molecule has 2 rings (SSSR count). The van der Waals surface area contributed by atoms with Crippen molar-refractivity contribution in [3.8, 4) is 0 Å². The third kappa shape index (κ3) is 3.62. The first kappa shape index (κ1) is 17.2. The SMILES string of the molecule is COC(=O)c1c(NC(=O)c2ccc(C(C)C)cc2)sc(C)c1C. The molecule has 1 aromatic carbocycles. The van der Waals surface area contributed by atoms with Crippen molar-refractivity contribution in [3.63, 3.8) is 0 Å². The van der Waals surface area contributed by atoms with Gasteiger partial charge in [0.15, 0.2) is 0 Å². The number of nitrogens with one attached hydrogen (secondary N) is 1. The van der Waals surface area contributed by atoms with Crippen molar-refractivity contribution >= 4 is 28.2 Å². The molecule has 1 amide bonds. The van der Waals surface area contributed by atoms with E-state index in [0.29, 0.717) is 22.0 Å². The van der Waals surface area contributed by atoms with E-state index in [4.69, 9.17) is 4.74 Å². The van der Waals surface area contributed by atoms with Crippen molar-refractivity contribution in [2.75, 3.05) is 12.4 Å². The molecule has 23 heavy (non-hydrogen) atoms. The quantitative estimate of drug-likeness (QED) is 0.838. The van der Waals surface area contributed by atoms with E-state index in [1.807, 2.05) is 26.0 Å². The third-order valence-corrected chi connectivity index (χ3v) is 4.96. The maximum absolute atomic E-state index is 12.4.